The Hall–Kier alpha value is -1.09. The normalized spacial score (nSPS) is 37.9. The summed E-state index contributed by atoms with van der Waals surface area (Å²) in [6, 6.07) is 3.87. The van der Waals surface area contributed by atoms with Crippen LogP contribution in [0.3, 0.4) is 0 Å². The van der Waals surface area contributed by atoms with Crippen molar-refractivity contribution in [3.8, 4) is 5.75 Å². The second kappa shape index (κ2) is 13.7. The summed E-state index contributed by atoms with van der Waals surface area (Å²) in [5, 5.41) is 0. The molecule has 0 heterocycles. The van der Waals surface area contributed by atoms with E-state index in [4.69, 9.17) is 9.47 Å². The van der Waals surface area contributed by atoms with Crippen LogP contribution in [0.5, 0.6) is 5.75 Å². The van der Waals surface area contributed by atoms with E-state index in [1.807, 2.05) is 14.0 Å². The number of ether oxygens (including phenoxy) is 2. The van der Waals surface area contributed by atoms with Crippen LogP contribution in [0.1, 0.15) is 127 Å². The van der Waals surface area contributed by atoms with Crippen molar-refractivity contribution < 1.29 is 13.9 Å². The Morgan fingerprint density at radius 1 is 0.692 bits per heavy atom. The van der Waals surface area contributed by atoms with Gasteiger partial charge < -0.3 is 9.47 Å². The fourth-order valence-electron chi connectivity index (χ4n) is 9.17. The van der Waals surface area contributed by atoms with E-state index in [1.54, 1.807) is 6.07 Å². The second-order valence-electron chi connectivity index (χ2n) is 14.6. The van der Waals surface area contributed by atoms with E-state index in [2.05, 4.69) is 19.9 Å². The number of benzene rings is 1. The Kier molecular flexibility index (Phi) is 10.3. The van der Waals surface area contributed by atoms with Crippen molar-refractivity contribution in [2.24, 2.45) is 47.3 Å². The van der Waals surface area contributed by atoms with E-state index in [-0.39, 0.29) is 5.82 Å². The first-order chi connectivity index (χ1) is 18.9. The molecule has 0 spiro atoms. The molecular weight excluding hydrogens is 483 g/mol. The summed E-state index contributed by atoms with van der Waals surface area (Å²) < 4.78 is 26.9. The van der Waals surface area contributed by atoms with Crippen molar-refractivity contribution in [2.75, 3.05) is 20.3 Å². The average Bonchev–Trinajstić information content (AvgIpc) is 2.95. The molecule has 0 radical (unpaired) electrons. The van der Waals surface area contributed by atoms with Gasteiger partial charge in [-0.15, -0.1) is 0 Å². The molecule has 0 aliphatic heterocycles. The lowest BCUT2D eigenvalue weighted by Gasteiger charge is -2.41. The van der Waals surface area contributed by atoms with Crippen molar-refractivity contribution in [3.05, 3.63) is 29.1 Å². The number of aryl methyl sites for hydroxylation is 1. The van der Waals surface area contributed by atoms with Gasteiger partial charge in [-0.25, -0.2) is 4.39 Å². The van der Waals surface area contributed by atoms with Crippen LogP contribution in [0.2, 0.25) is 0 Å². The number of methoxy groups -OCH3 is 1. The van der Waals surface area contributed by atoms with Crippen molar-refractivity contribution >= 4 is 0 Å². The zero-order valence-electron chi connectivity index (χ0n) is 25.6. The fourth-order valence-corrected chi connectivity index (χ4v) is 9.17. The van der Waals surface area contributed by atoms with E-state index in [1.165, 1.54) is 102 Å². The van der Waals surface area contributed by atoms with Gasteiger partial charge in [-0.2, -0.15) is 0 Å². The van der Waals surface area contributed by atoms with Crippen LogP contribution in [0.25, 0.3) is 0 Å². The number of rotatable bonds is 8. The predicted molar refractivity (Wildman–Crippen MR) is 160 cm³/mol. The van der Waals surface area contributed by atoms with Crippen molar-refractivity contribution in [1.82, 2.24) is 0 Å². The van der Waals surface area contributed by atoms with Crippen molar-refractivity contribution in [2.45, 2.75) is 123 Å². The molecule has 220 valence electrons. The molecule has 4 saturated carbocycles. The lowest BCUT2D eigenvalue weighted by Crippen LogP contribution is -2.30. The van der Waals surface area contributed by atoms with E-state index in [0.29, 0.717) is 17.8 Å². The Bertz CT molecular complexity index is 890. The number of halogens is 1. The monoisotopic (exact) mass is 540 g/mol. The van der Waals surface area contributed by atoms with Gasteiger partial charge in [0, 0.05) is 19.8 Å². The third kappa shape index (κ3) is 7.41. The molecule has 3 unspecified atom stereocenters. The van der Waals surface area contributed by atoms with Crippen LogP contribution in [-0.2, 0) is 4.74 Å². The zero-order valence-corrected chi connectivity index (χ0v) is 25.6. The van der Waals surface area contributed by atoms with Gasteiger partial charge in [-0.3, -0.25) is 0 Å². The van der Waals surface area contributed by atoms with E-state index in [0.717, 1.165) is 60.0 Å². The predicted octanol–water partition coefficient (Wildman–Crippen LogP) is 10.1. The highest BCUT2D eigenvalue weighted by Crippen LogP contribution is 2.49. The molecule has 4 aliphatic rings. The first kappa shape index (κ1) is 29.4. The number of hydrogen-bond acceptors (Lipinski definition) is 2. The molecule has 0 saturated heterocycles. The standard InChI is InChI=1S/C36H57FO2/c1-24-5-12-29(13-6-24)30-15-10-28(11-16-30)23-39-36-21-35(37)26(3)19-34(36)33-20-32(14-7-25(33)2)31-17-8-27(9-18-31)22-38-4/h19,21,24-25,27-33H,5-18,20,22-23H2,1-4H3. The van der Waals surface area contributed by atoms with E-state index in [9.17, 15) is 4.39 Å². The molecule has 4 fully saturated rings. The minimum atomic E-state index is -0.111. The molecular formula is C36H57FO2. The quantitative estimate of drug-likeness (QED) is 0.326. The molecule has 1 aromatic rings. The Morgan fingerprint density at radius 2 is 1.23 bits per heavy atom. The summed E-state index contributed by atoms with van der Waals surface area (Å²) >= 11 is 0. The maximum Gasteiger partial charge on any atom is 0.129 e. The van der Waals surface area contributed by atoms with Crippen LogP contribution >= 0.6 is 0 Å². The molecule has 0 aromatic heterocycles. The summed E-state index contributed by atoms with van der Waals surface area (Å²) in [7, 11) is 1.84. The first-order valence-electron chi connectivity index (χ1n) is 16.8. The number of hydrogen-bond donors (Lipinski definition) is 0. The zero-order chi connectivity index (χ0) is 27.4. The van der Waals surface area contributed by atoms with Gasteiger partial charge in [0.05, 0.1) is 6.61 Å². The molecule has 3 atom stereocenters. The minimum Gasteiger partial charge on any atom is -0.493 e. The van der Waals surface area contributed by atoms with Gasteiger partial charge in [0.25, 0.3) is 0 Å². The fraction of sp³-hybridized carbons (Fsp3) is 0.833. The van der Waals surface area contributed by atoms with Crippen molar-refractivity contribution in [1.29, 1.82) is 0 Å². The highest BCUT2D eigenvalue weighted by atomic mass is 19.1. The van der Waals surface area contributed by atoms with Gasteiger partial charge in [0.1, 0.15) is 11.6 Å². The molecule has 5 rings (SSSR count). The minimum absolute atomic E-state index is 0.111. The third-order valence-electron chi connectivity index (χ3n) is 12.0. The molecule has 0 bridgehead atoms. The van der Waals surface area contributed by atoms with E-state index < -0.39 is 0 Å². The summed E-state index contributed by atoms with van der Waals surface area (Å²) in [6.45, 7) is 8.46. The average molecular weight is 541 g/mol. The second-order valence-corrected chi connectivity index (χ2v) is 14.6. The third-order valence-corrected chi connectivity index (χ3v) is 12.0. The van der Waals surface area contributed by atoms with Gasteiger partial charge in [0.15, 0.2) is 0 Å². The molecule has 0 N–H and O–H groups in total. The van der Waals surface area contributed by atoms with Crippen LogP contribution in [0.15, 0.2) is 12.1 Å². The Morgan fingerprint density at radius 3 is 1.85 bits per heavy atom. The van der Waals surface area contributed by atoms with Crippen molar-refractivity contribution in [3.63, 3.8) is 0 Å². The summed E-state index contributed by atoms with van der Waals surface area (Å²) in [5.41, 5.74) is 2.07. The lowest BCUT2D eigenvalue weighted by atomic mass is 9.64. The largest absolute Gasteiger partial charge is 0.493 e. The highest BCUT2D eigenvalue weighted by Gasteiger charge is 2.37. The molecule has 3 heteroatoms. The first-order valence-corrected chi connectivity index (χ1v) is 16.8. The summed E-state index contributed by atoms with van der Waals surface area (Å²) in [4.78, 5) is 0. The summed E-state index contributed by atoms with van der Waals surface area (Å²) in [6.07, 6.45) is 20.3. The molecule has 2 nitrogen and oxygen atoms in total. The van der Waals surface area contributed by atoms with Crippen LogP contribution in [0.4, 0.5) is 4.39 Å². The van der Waals surface area contributed by atoms with E-state index >= 15 is 0 Å². The van der Waals surface area contributed by atoms with Crippen LogP contribution in [-0.4, -0.2) is 20.3 Å². The smallest absolute Gasteiger partial charge is 0.129 e. The summed E-state index contributed by atoms with van der Waals surface area (Å²) in [5.74, 6) is 7.72. The molecule has 0 amide bonds. The van der Waals surface area contributed by atoms with Gasteiger partial charge >= 0.3 is 0 Å². The van der Waals surface area contributed by atoms with Gasteiger partial charge in [-0.1, -0.05) is 26.7 Å². The topological polar surface area (TPSA) is 18.5 Å². The molecule has 1 aromatic carbocycles. The maximum atomic E-state index is 14.9. The SMILES string of the molecule is COCC1CCC(C2CCC(C)C(c3cc(C)c(F)cc3OCC3CCC(C4CCC(C)CC4)CC3)C2)CC1. The van der Waals surface area contributed by atoms with Gasteiger partial charge in [-0.05, 0) is 161 Å². The van der Waals surface area contributed by atoms with Crippen LogP contribution in [0, 0.1) is 60.1 Å². The highest BCUT2D eigenvalue weighted by molar-refractivity contribution is 5.41. The molecule has 39 heavy (non-hydrogen) atoms. The molecule has 4 aliphatic carbocycles. The van der Waals surface area contributed by atoms with Gasteiger partial charge in [0.2, 0.25) is 0 Å². The Balaban J connectivity index is 1.19. The van der Waals surface area contributed by atoms with Crippen LogP contribution < -0.4 is 4.74 Å². The lowest BCUT2D eigenvalue weighted by molar-refractivity contribution is 0.0893. The maximum absolute atomic E-state index is 14.9. The Labute approximate surface area is 239 Å².